The van der Waals surface area contributed by atoms with E-state index < -0.39 is 20.8 Å². The number of aryl methyl sites for hydroxylation is 1. The average Bonchev–Trinajstić information content (AvgIpc) is 3.46. The van der Waals surface area contributed by atoms with Crippen LogP contribution in [0.5, 0.6) is 0 Å². The van der Waals surface area contributed by atoms with Crippen LogP contribution in [0.4, 0.5) is 0 Å². The Kier molecular flexibility index (Phi) is 8.61. The molecule has 3 nitrogen and oxygen atoms in total. The first kappa shape index (κ1) is 28.1. The molecule has 3 heterocycles. The molecule has 0 aliphatic heterocycles. The van der Waals surface area contributed by atoms with Crippen LogP contribution in [0.2, 0.25) is 19.6 Å². The third kappa shape index (κ3) is 7.13. The van der Waals surface area contributed by atoms with Crippen LogP contribution < -0.4 is 5.19 Å². The van der Waals surface area contributed by atoms with Gasteiger partial charge in [-0.3, -0.25) is 0 Å². The fraction of sp³-hybridized carbons (Fsp3) is 0.171. The van der Waals surface area contributed by atoms with Crippen molar-refractivity contribution >= 4 is 35.2 Å². The molecule has 0 aliphatic carbocycles. The molecule has 0 amide bonds. The maximum absolute atomic E-state index is 8.50. The van der Waals surface area contributed by atoms with Crippen LogP contribution in [0.15, 0.2) is 120 Å². The molecule has 5 heteroatoms. The van der Waals surface area contributed by atoms with Gasteiger partial charge in [-0.25, -0.2) is 0 Å². The van der Waals surface area contributed by atoms with Crippen molar-refractivity contribution < 1.29 is 30.0 Å². The summed E-state index contributed by atoms with van der Waals surface area (Å²) in [6.07, 6.45) is 3.37. The van der Waals surface area contributed by atoms with Gasteiger partial charge in [0.25, 0.3) is 0 Å². The Hall–Kier alpha value is -4.15. The number of aromatic nitrogens is 2. The topological polar surface area (TPSA) is 38.9 Å². The molecule has 0 fully saturated rings. The minimum absolute atomic E-state index is 0. The van der Waals surface area contributed by atoms with Crippen molar-refractivity contribution in [1.82, 2.24) is 9.97 Å². The molecule has 0 bridgehead atoms. The van der Waals surface area contributed by atoms with Crippen molar-refractivity contribution in [2.75, 3.05) is 0 Å². The summed E-state index contributed by atoms with van der Waals surface area (Å²) in [5.41, 5.74) is 7.32. The standard InChI is InChI=1S/C27H22NO.C14H16NSi.Ir/c1-17(2)24-15-25(28-16-18(24)3)23-11-7-10-22-21-13-12-20(14-26(21)29-27(22)23)19-8-5-4-6-9-19;1-16(2,3)13-9-10-14(15-11-13)12-7-5-4-6-8-12;/h4-10,12-17H,1-3H3;4-7,9-11H,1-3H3;/q2*-1;/i3D3,17D;;. The van der Waals surface area contributed by atoms with Gasteiger partial charge in [0.05, 0.1) is 13.7 Å². The number of nitrogens with zero attached hydrogens (tertiary/aromatic N) is 2. The quantitative estimate of drug-likeness (QED) is 0.129. The molecule has 1 radical (unpaired) electrons. The summed E-state index contributed by atoms with van der Waals surface area (Å²) in [7, 11) is -1.23. The molecule has 0 unspecified atom stereocenters. The van der Waals surface area contributed by atoms with Gasteiger partial charge in [-0.2, -0.15) is 0 Å². The van der Waals surface area contributed by atoms with E-state index in [2.05, 4.69) is 78.1 Å². The van der Waals surface area contributed by atoms with E-state index >= 15 is 0 Å². The monoisotopic (exact) mass is 799 g/mol. The number of hydrogen-bond acceptors (Lipinski definition) is 3. The molecule has 0 saturated heterocycles. The first-order valence-electron chi connectivity index (χ1n) is 17.1. The molecule has 0 saturated carbocycles. The van der Waals surface area contributed by atoms with Crippen molar-refractivity contribution in [3.63, 3.8) is 0 Å². The van der Waals surface area contributed by atoms with Crippen molar-refractivity contribution in [2.45, 2.75) is 46.2 Å². The number of rotatable bonds is 5. The van der Waals surface area contributed by atoms with Crippen LogP contribution in [0.3, 0.4) is 0 Å². The molecular formula is C41H38IrN2OSi-2. The number of fused-ring (bicyclic) bond motifs is 3. The van der Waals surface area contributed by atoms with Crippen LogP contribution in [0.25, 0.3) is 55.6 Å². The van der Waals surface area contributed by atoms with Crippen LogP contribution in [0, 0.1) is 19.0 Å². The van der Waals surface area contributed by atoms with E-state index in [4.69, 9.17) is 9.90 Å². The van der Waals surface area contributed by atoms with Gasteiger partial charge in [-0.1, -0.05) is 105 Å². The van der Waals surface area contributed by atoms with Crippen molar-refractivity contribution in [1.29, 1.82) is 0 Å². The van der Waals surface area contributed by atoms with Crippen LogP contribution in [-0.2, 0) is 20.1 Å². The second-order valence-corrected chi connectivity index (χ2v) is 17.4. The number of pyridine rings is 2. The van der Waals surface area contributed by atoms with Gasteiger partial charge in [0.15, 0.2) is 0 Å². The van der Waals surface area contributed by atoms with E-state index in [-0.39, 0.29) is 25.7 Å². The Balaban J connectivity index is 0.000000241. The smallest absolute Gasteiger partial charge is 0.121 e. The SMILES string of the molecule is C[Si](C)(C)c1ccc(-c2[c-]cccc2)nc1.[2H]C([2H])([2H])c1cnc(-c2[c-]ccc3c2oc2cc(-c4ccccc4)ccc23)cc1C([2H])(C)C.[Ir]. The van der Waals surface area contributed by atoms with E-state index in [0.717, 1.165) is 38.7 Å². The Bertz CT molecular complexity index is 2220. The minimum atomic E-state index is -2.35. The van der Waals surface area contributed by atoms with Crippen molar-refractivity contribution in [2.24, 2.45) is 0 Å². The van der Waals surface area contributed by atoms with E-state index in [1.807, 2.05) is 66.9 Å². The number of hydrogen-bond donors (Lipinski definition) is 0. The maximum Gasteiger partial charge on any atom is 0.121 e. The normalized spacial score (nSPS) is 13.1. The fourth-order valence-electron chi connectivity index (χ4n) is 5.30. The van der Waals surface area contributed by atoms with E-state index in [0.29, 0.717) is 22.4 Å². The Morgan fingerprint density at radius 3 is 2.22 bits per heavy atom. The van der Waals surface area contributed by atoms with Gasteiger partial charge in [0.2, 0.25) is 0 Å². The molecular weight excluding hydrogens is 757 g/mol. The van der Waals surface area contributed by atoms with Gasteiger partial charge in [0.1, 0.15) is 5.58 Å². The van der Waals surface area contributed by atoms with Crippen LogP contribution >= 0.6 is 0 Å². The first-order valence-corrected chi connectivity index (χ1v) is 18.6. The molecule has 7 aromatic rings. The van der Waals surface area contributed by atoms with E-state index in [9.17, 15) is 0 Å². The van der Waals surface area contributed by atoms with Gasteiger partial charge in [0, 0.05) is 43.4 Å². The molecule has 4 aromatic carbocycles. The predicted molar refractivity (Wildman–Crippen MR) is 192 cm³/mol. The van der Waals surface area contributed by atoms with Gasteiger partial charge >= 0.3 is 0 Å². The summed E-state index contributed by atoms with van der Waals surface area (Å²) >= 11 is 0. The number of furan rings is 1. The Morgan fingerprint density at radius 2 is 1.54 bits per heavy atom. The fourth-order valence-corrected chi connectivity index (χ4v) is 6.33. The molecule has 46 heavy (non-hydrogen) atoms. The molecule has 3 aromatic heterocycles. The molecule has 0 N–H and O–H groups in total. The van der Waals surface area contributed by atoms with Crippen LogP contribution in [-0.4, -0.2) is 18.0 Å². The van der Waals surface area contributed by atoms with Gasteiger partial charge < -0.3 is 14.4 Å². The largest absolute Gasteiger partial charge is 0.501 e. The molecule has 0 aliphatic rings. The third-order valence-corrected chi connectivity index (χ3v) is 9.88. The second-order valence-electron chi connectivity index (χ2n) is 12.3. The van der Waals surface area contributed by atoms with Crippen LogP contribution in [0.1, 0.15) is 36.4 Å². The summed E-state index contributed by atoms with van der Waals surface area (Å²) in [5, 5.41) is 3.32. The van der Waals surface area contributed by atoms with Gasteiger partial charge in [-0.15, -0.1) is 54.1 Å². The molecule has 0 spiro atoms. The molecule has 233 valence electrons. The summed E-state index contributed by atoms with van der Waals surface area (Å²) in [6, 6.07) is 40.4. The first-order chi connectivity index (χ1) is 23.2. The minimum Gasteiger partial charge on any atom is -0.501 e. The number of benzene rings is 4. The van der Waals surface area contributed by atoms with E-state index in [1.165, 1.54) is 11.4 Å². The summed E-state index contributed by atoms with van der Waals surface area (Å²) < 4.78 is 38.3. The molecule has 0 atom stereocenters. The maximum atomic E-state index is 8.50. The summed E-state index contributed by atoms with van der Waals surface area (Å²) in [6.45, 7) is 8.01. The predicted octanol–water partition coefficient (Wildman–Crippen LogP) is 10.6. The summed E-state index contributed by atoms with van der Waals surface area (Å²) in [5.74, 6) is -1.10. The summed E-state index contributed by atoms with van der Waals surface area (Å²) in [4.78, 5) is 8.96. The third-order valence-electron chi connectivity index (χ3n) is 7.85. The average molecular weight is 799 g/mol. The zero-order valence-electron chi connectivity index (χ0n) is 30.6. The zero-order chi connectivity index (χ0) is 35.0. The van der Waals surface area contributed by atoms with Gasteiger partial charge in [-0.05, 0) is 57.6 Å². The van der Waals surface area contributed by atoms with E-state index in [1.54, 1.807) is 19.9 Å². The zero-order valence-corrected chi connectivity index (χ0v) is 30.0. The molecule has 7 rings (SSSR count). The Labute approximate surface area is 292 Å². The van der Waals surface area contributed by atoms with Crippen molar-refractivity contribution in [3.8, 4) is 33.6 Å². The van der Waals surface area contributed by atoms with Crippen molar-refractivity contribution in [3.05, 3.63) is 139 Å². The Morgan fingerprint density at radius 1 is 0.761 bits per heavy atom. The second kappa shape index (κ2) is 14.1.